The molecule has 6 heteroatoms. The summed E-state index contributed by atoms with van der Waals surface area (Å²) in [5, 5.41) is 9.56. The fraction of sp³-hybridized carbons (Fsp3) is 0. The smallest absolute Gasteiger partial charge is 0.224 e. The molecule has 2 heterocycles. The maximum atomic E-state index is 9.40. The van der Waals surface area contributed by atoms with Crippen molar-refractivity contribution in [3.8, 4) is 17.1 Å². The van der Waals surface area contributed by atoms with Gasteiger partial charge in [-0.15, -0.1) is 0 Å². The standard InChI is InChI=1S/C11H7ClN4O/c12-11-13-5-8-10(16-11)15-9(14-8)6-2-1-3-7(17)4-6/h1-5,17H,(H,13,14,15,16). The van der Waals surface area contributed by atoms with E-state index in [1.807, 2.05) is 6.07 Å². The second kappa shape index (κ2) is 3.71. The second-order valence-electron chi connectivity index (χ2n) is 3.51. The highest BCUT2D eigenvalue weighted by Crippen LogP contribution is 2.22. The van der Waals surface area contributed by atoms with E-state index in [-0.39, 0.29) is 11.0 Å². The summed E-state index contributed by atoms with van der Waals surface area (Å²) in [6.45, 7) is 0. The Hall–Kier alpha value is -2.14. The fourth-order valence-corrected chi connectivity index (χ4v) is 1.71. The van der Waals surface area contributed by atoms with Crippen molar-refractivity contribution in [2.45, 2.75) is 0 Å². The Morgan fingerprint density at radius 3 is 2.94 bits per heavy atom. The Bertz CT molecular complexity index is 695. The van der Waals surface area contributed by atoms with Gasteiger partial charge in [0, 0.05) is 5.56 Å². The van der Waals surface area contributed by atoms with Gasteiger partial charge in [0.2, 0.25) is 5.28 Å². The number of aromatic amines is 1. The van der Waals surface area contributed by atoms with Crippen LogP contribution in [0.15, 0.2) is 30.5 Å². The summed E-state index contributed by atoms with van der Waals surface area (Å²) in [5.74, 6) is 0.805. The van der Waals surface area contributed by atoms with Crippen LogP contribution in [-0.2, 0) is 0 Å². The highest BCUT2D eigenvalue weighted by molar-refractivity contribution is 6.28. The first-order chi connectivity index (χ1) is 8.22. The number of rotatable bonds is 1. The largest absolute Gasteiger partial charge is 0.508 e. The van der Waals surface area contributed by atoms with E-state index in [0.29, 0.717) is 17.0 Å². The Morgan fingerprint density at radius 2 is 2.12 bits per heavy atom. The minimum Gasteiger partial charge on any atom is -0.508 e. The molecule has 1 aromatic carbocycles. The average Bonchev–Trinajstić information content (AvgIpc) is 2.72. The average molecular weight is 247 g/mol. The molecule has 0 spiro atoms. The lowest BCUT2D eigenvalue weighted by Gasteiger charge is -1.96. The topological polar surface area (TPSA) is 74.7 Å². The number of halogens is 1. The molecule has 0 bridgehead atoms. The van der Waals surface area contributed by atoms with Crippen molar-refractivity contribution >= 4 is 22.8 Å². The maximum Gasteiger partial charge on any atom is 0.224 e. The molecule has 0 amide bonds. The number of nitrogens with one attached hydrogen (secondary N) is 1. The number of hydrogen-bond donors (Lipinski definition) is 2. The molecule has 0 aliphatic carbocycles. The van der Waals surface area contributed by atoms with E-state index in [1.54, 1.807) is 24.4 Å². The molecular formula is C11H7ClN4O. The summed E-state index contributed by atoms with van der Waals surface area (Å²) >= 11 is 5.68. The van der Waals surface area contributed by atoms with E-state index in [4.69, 9.17) is 11.6 Å². The number of hydrogen-bond acceptors (Lipinski definition) is 4. The van der Waals surface area contributed by atoms with Crippen LogP contribution >= 0.6 is 11.6 Å². The third-order valence-corrected chi connectivity index (χ3v) is 2.51. The van der Waals surface area contributed by atoms with Crippen LogP contribution in [0.1, 0.15) is 0 Å². The van der Waals surface area contributed by atoms with Gasteiger partial charge in [-0.3, -0.25) is 0 Å². The van der Waals surface area contributed by atoms with Gasteiger partial charge in [-0.2, -0.15) is 4.98 Å². The van der Waals surface area contributed by atoms with Gasteiger partial charge in [-0.1, -0.05) is 12.1 Å². The highest BCUT2D eigenvalue weighted by atomic mass is 35.5. The SMILES string of the molecule is Oc1cccc(-c2nc3nc(Cl)ncc3[nH]2)c1. The van der Waals surface area contributed by atoms with Gasteiger partial charge in [0.15, 0.2) is 5.65 Å². The molecule has 0 aliphatic heterocycles. The van der Waals surface area contributed by atoms with Gasteiger partial charge in [-0.25, -0.2) is 9.97 Å². The number of phenolic OH excluding ortho intramolecular Hbond substituents is 1. The van der Waals surface area contributed by atoms with Crippen LogP contribution in [0.2, 0.25) is 5.28 Å². The summed E-state index contributed by atoms with van der Waals surface area (Å²) in [5.41, 5.74) is 1.98. The molecule has 0 saturated carbocycles. The molecule has 2 N–H and O–H groups in total. The first-order valence-corrected chi connectivity index (χ1v) is 5.28. The minimum absolute atomic E-state index is 0.159. The van der Waals surface area contributed by atoms with Crippen LogP contribution < -0.4 is 0 Å². The highest BCUT2D eigenvalue weighted by Gasteiger charge is 2.07. The summed E-state index contributed by atoms with van der Waals surface area (Å²) in [4.78, 5) is 15.2. The number of imidazole rings is 1. The molecule has 0 radical (unpaired) electrons. The summed E-state index contributed by atoms with van der Waals surface area (Å²) < 4.78 is 0. The predicted octanol–water partition coefficient (Wildman–Crippen LogP) is 2.38. The zero-order valence-electron chi connectivity index (χ0n) is 8.55. The van der Waals surface area contributed by atoms with Crippen molar-refractivity contribution in [1.82, 2.24) is 19.9 Å². The third kappa shape index (κ3) is 1.81. The lowest BCUT2D eigenvalue weighted by atomic mass is 10.2. The lowest BCUT2D eigenvalue weighted by molar-refractivity contribution is 0.475. The van der Waals surface area contributed by atoms with Gasteiger partial charge in [0.25, 0.3) is 0 Å². The maximum absolute atomic E-state index is 9.40. The number of H-pyrrole nitrogens is 1. The summed E-state index contributed by atoms with van der Waals surface area (Å²) in [7, 11) is 0. The fourth-order valence-electron chi connectivity index (χ4n) is 1.58. The Labute approximate surface area is 101 Å². The van der Waals surface area contributed by atoms with E-state index < -0.39 is 0 Å². The molecule has 0 saturated heterocycles. The van der Waals surface area contributed by atoms with Crippen LogP contribution in [0.25, 0.3) is 22.6 Å². The zero-order chi connectivity index (χ0) is 11.8. The number of phenols is 1. The zero-order valence-corrected chi connectivity index (χ0v) is 9.31. The van der Waals surface area contributed by atoms with Crippen LogP contribution in [0.5, 0.6) is 5.75 Å². The van der Waals surface area contributed by atoms with Crippen molar-refractivity contribution in [3.05, 3.63) is 35.7 Å². The monoisotopic (exact) mass is 246 g/mol. The number of aromatic hydroxyl groups is 1. The summed E-state index contributed by atoms with van der Waals surface area (Å²) in [6.07, 6.45) is 1.57. The normalized spacial score (nSPS) is 10.9. The van der Waals surface area contributed by atoms with E-state index >= 15 is 0 Å². The molecule has 17 heavy (non-hydrogen) atoms. The quantitative estimate of drug-likeness (QED) is 0.647. The van der Waals surface area contributed by atoms with Crippen molar-refractivity contribution in [2.24, 2.45) is 0 Å². The van der Waals surface area contributed by atoms with Crippen LogP contribution in [0.3, 0.4) is 0 Å². The molecule has 3 rings (SSSR count). The Kier molecular flexibility index (Phi) is 2.19. The van der Waals surface area contributed by atoms with Crippen LogP contribution in [0.4, 0.5) is 0 Å². The van der Waals surface area contributed by atoms with Crippen molar-refractivity contribution < 1.29 is 5.11 Å². The first-order valence-electron chi connectivity index (χ1n) is 4.90. The van der Waals surface area contributed by atoms with Crippen LogP contribution in [-0.4, -0.2) is 25.0 Å². The number of benzene rings is 1. The van der Waals surface area contributed by atoms with E-state index in [1.165, 1.54) is 0 Å². The molecular weight excluding hydrogens is 240 g/mol. The molecule has 0 unspecified atom stereocenters. The molecule has 0 aliphatic rings. The number of aromatic nitrogens is 4. The minimum atomic E-state index is 0.159. The van der Waals surface area contributed by atoms with E-state index in [2.05, 4.69) is 19.9 Å². The Balaban J connectivity index is 2.18. The Morgan fingerprint density at radius 1 is 1.24 bits per heavy atom. The number of nitrogens with zero attached hydrogens (tertiary/aromatic N) is 3. The summed E-state index contributed by atoms with van der Waals surface area (Å²) in [6, 6.07) is 6.80. The van der Waals surface area contributed by atoms with Gasteiger partial charge in [0.1, 0.15) is 17.1 Å². The molecule has 84 valence electrons. The van der Waals surface area contributed by atoms with Crippen molar-refractivity contribution in [2.75, 3.05) is 0 Å². The van der Waals surface area contributed by atoms with Gasteiger partial charge < -0.3 is 10.1 Å². The third-order valence-electron chi connectivity index (χ3n) is 2.33. The molecule has 0 fully saturated rings. The molecule has 2 aromatic heterocycles. The lowest BCUT2D eigenvalue weighted by Crippen LogP contribution is -1.81. The predicted molar refractivity (Wildman–Crippen MR) is 63.8 cm³/mol. The molecule has 3 aromatic rings. The van der Waals surface area contributed by atoms with Crippen LogP contribution in [0, 0.1) is 0 Å². The van der Waals surface area contributed by atoms with Gasteiger partial charge >= 0.3 is 0 Å². The van der Waals surface area contributed by atoms with E-state index in [9.17, 15) is 5.11 Å². The van der Waals surface area contributed by atoms with Crippen molar-refractivity contribution in [3.63, 3.8) is 0 Å². The van der Waals surface area contributed by atoms with Gasteiger partial charge in [0.05, 0.1) is 6.20 Å². The van der Waals surface area contributed by atoms with Gasteiger partial charge in [-0.05, 0) is 23.7 Å². The molecule has 0 atom stereocenters. The molecule has 5 nitrogen and oxygen atoms in total. The number of fused-ring (bicyclic) bond motifs is 1. The second-order valence-corrected chi connectivity index (χ2v) is 3.85. The van der Waals surface area contributed by atoms with E-state index in [0.717, 1.165) is 5.56 Å². The van der Waals surface area contributed by atoms with Crippen molar-refractivity contribution in [1.29, 1.82) is 0 Å². The first kappa shape index (κ1) is 10.0.